The molecule has 0 amide bonds. The summed E-state index contributed by atoms with van der Waals surface area (Å²) >= 11 is 5.95. The van der Waals surface area contributed by atoms with Gasteiger partial charge < -0.3 is 9.84 Å². The molecule has 1 aromatic carbocycles. The Morgan fingerprint density at radius 1 is 1.35 bits per heavy atom. The maximum absolute atomic E-state index is 12.2. The number of benzene rings is 1. The number of hydrogen-bond acceptors (Lipinski definition) is 6. The van der Waals surface area contributed by atoms with Crippen LogP contribution in [0.25, 0.3) is 0 Å². The lowest BCUT2D eigenvalue weighted by Crippen LogP contribution is -2.24. The van der Waals surface area contributed by atoms with Gasteiger partial charge in [-0.3, -0.25) is 0 Å². The molecule has 0 spiro atoms. The zero-order chi connectivity index (χ0) is 14.6. The van der Waals surface area contributed by atoms with Crippen molar-refractivity contribution in [2.45, 2.75) is 18.0 Å². The first-order chi connectivity index (χ1) is 9.53. The largest absolute Gasteiger partial charge is 0.343 e. The second-order valence-corrected chi connectivity index (χ2v) is 6.11. The summed E-state index contributed by atoms with van der Waals surface area (Å²) in [7, 11) is -1.96. The van der Waals surface area contributed by atoms with E-state index in [9.17, 15) is 8.42 Å². The van der Waals surface area contributed by atoms with Crippen LogP contribution in [0.3, 0.4) is 0 Å². The molecule has 0 bridgehead atoms. The second-order valence-electron chi connectivity index (χ2n) is 3.97. The molecule has 9 heteroatoms. The molecule has 0 saturated carbocycles. The SMILES string of the molecule is CNCc1ccc(Cl)c(S(=O)(=O)NCc2ncon2)c1. The van der Waals surface area contributed by atoms with Crippen molar-refractivity contribution in [2.75, 3.05) is 7.05 Å². The van der Waals surface area contributed by atoms with E-state index in [0.717, 1.165) is 12.0 Å². The molecule has 0 radical (unpaired) electrons. The van der Waals surface area contributed by atoms with Crippen LogP contribution in [0.2, 0.25) is 5.02 Å². The summed E-state index contributed by atoms with van der Waals surface area (Å²) in [6, 6.07) is 4.84. The maximum atomic E-state index is 12.2. The van der Waals surface area contributed by atoms with Crippen LogP contribution in [0.15, 0.2) is 34.0 Å². The average Bonchev–Trinajstić information content (AvgIpc) is 2.92. The van der Waals surface area contributed by atoms with Gasteiger partial charge in [0.25, 0.3) is 0 Å². The Kier molecular flexibility index (Phi) is 4.71. The summed E-state index contributed by atoms with van der Waals surface area (Å²) in [6.07, 6.45) is 1.13. The first-order valence-electron chi connectivity index (χ1n) is 5.71. The van der Waals surface area contributed by atoms with E-state index in [0.29, 0.717) is 6.54 Å². The number of nitrogens with zero attached hydrogens (tertiary/aromatic N) is 2. The third kappa shape index (κ3) is 3.54. The molecular weight excluding hydrogens is 304 g/mol. The van der Waals surface area contributed by atoms with E-state index in [1.165, 1.54) is 6.07 Å². The molecule has 2 N–H and O–H groups in total. The fourth-order valence-corrected chi connectivity index (χ4v) is 3.10. The normalized spacial score (nSPS) is 11.7. The molecule has 1 aromatic heterocycles. The Bertz CT molecular complexity index is 673. The molecule has 20 heavy (non-hydrogen) atoms. The number of aromatic nitrogens is 2. The Hall–Kier alpha value is -1.48. The summed E-state index contributed by atoms with van der Waals surface area (Å²) in [4.78, 5) is 3.76. The van der Waals surface area contributed by atoms with Crippen molar-refractivity contribution in [3.63, 3.8) is 0 Å². The van der Waals surface area contributed by atoms with Gasteiger partial charge in [-0.25, -0.2) is 13.1 Å². The first-order valence-corrected chi connectivity index (χ1v) is 7.57. The Morgan fingerprint density at radius 3 is 2.80 bits per heavy atom. The van der Waals surface area contributed by atoms with Crippen LogP contribution in [0.1, 0.15) is 11.4 Å². The van der Waals surface area contributed by atoms with E-state index in [2.05, 4.69) is 24.7 Å². The number of sulfonamides is 1. The molecule has 0 saturated heterocycles. The Morgan fingerprint density at radius 2 is 2.15 bits per heavy atom. The van der Waals surface area contributed by atoms with E-state index in [4.69, 9.17) is 11.6 Å². The van der Waals surface area contributed by atoms with Gasteiger partial charge in [0, 0.05) is 6.54 Å². The van der Waals surface area contributed by atoms with Gasteiger partial charge in [-0.15, -0.1) is 0 Å². The van der Waals surface area contributed by atoms with Crippen molar-refractivity contribution in [1.29, 1.82) is 0 Å². The highest BCUT2D eigenvalue weighted by molar-refractivity contribution is 7.89. The van der Waals surface area contributed by atoms with Gasteiger partial charge in [-0.1, -0.05) is 22.8 Å². The fourth-order valence-electron chi connectivity index (χ4n) is 1.58. The van der Waals surface area contributed by atoms with Crippen LogP contribution in [-0.2, 0) is 23.1 Å². The lowest BCUT2D eigenvalue weighted by Gasteiger charge is -2.09. The van der Waals surface area contributed by atoms with Crippen LogP contribution < -0.4 is 10.0 Å². The third-order valence-corrected chi connectivity index (χ3v) is 4.38. The van der Waals surface area contributed by atoms with Crippen molar-refractivity contribution in [2.24, 2.45) is 0 Å². The zero-order valence-electron chi connectivity index (χ0n) is 10.6. The summed E-state index contributed by atoms with van der Waals surface area (Å²) in [5.41, 5.74) is 0.817. The van der Waals surface area contributed by atoms with Crippen LogP contribution in [0.5, 0.6) is 0 Å². The predicted octanol–water partition coefficient (Wildman–Crippen LogP) is 0.921. The maximum Gasteiger partial charge on any atom is 0.242 e. The molecule has 0 atom stereocenters. The topological polar surface area (TPSA) is 97.1 Å². The quantitative estimate of drug-likeness (QED) is 0.822. The summed E-state index contributed by atoms with van der Waals surface area (Å²) in [5.74, 6) is 0.246. The molecule has 0 aliphatic rings. The monoisotopic (exact) mass is 316 g/mol. The van der Waals surface area contributed by atoms with Crippen molar-refractivity contribution in [1.82, 2.24) is 20.2 Å². The molecule has 7 nitrogen and oxygen atoms in total. The second kappa shape index (κ2) is 6.31. The summed E-state index contributed by atoms with van der Waals surface area (Å²) < 4.78 is 31.3. The summed E-state index contributed by atoms with van der Waals surface area (Å²) in [5, 5.41) is 6.63. The van der Waals surface area contributed by atoms with Crippen molar-refractivity contribution >= 4 is 21.6 Å². The predicted molar refractivity (Wildman–Crippen MR) is 72.5 cm³/mol. The van der Waals surface area contributed by atoms with Crippen molar-refractivity contribution < 1.29 is 12.9 Å². The van der Waals surface area contributed by atoms with Gasteiger partial charge in [0.1, 0.15) is 4.90 Å². The Labute approximate surface area is 121 Å². The molecule has 0 unspecified atom stereocenters. The molecule has 2 rings (SSSR count). The van der Waals surface area contributed by atoms with E-state index in [1.807, 2.05) is 0 Å². The zero-order valence-corrected chi connectivity index (χ0v) is 12.2. The smallest absolute Gasteiger partial charge is 0.242 e. The summed E-state index contributed by atoms with van der Waals surface area (Å²) in [6.45, 7) is 0.482. The van der Waals surface area contributed by atoms with Crippen molar-refractivity contribution in [3.05, 3.63) is 41.0 Å². The lowest BCUT2D eigenvalue weighted by atomic mass is 10.2. The third-order valence-electron chi connectivity index (χ3n) is 2.49. The van der Waals surface area contributed by atoms with Crippen LogP contribution >= 0.6 is 11.6 Å². The number of rotatable bonds is 6. The first kappa shape index (κ1) is 14.9. The lowest BCUT2D eigenvalue weighted by molar-refractivity contribution is 0.409. The molecule has 0 fully saturated rings. The molecular formula is C11H13ClN4O3S. The van der Waals surface area contributed by atoms with Gasteiger partial charge >= 0.3 is 0 Å². The molecule has 0 aliphatic heterocycles. The number of hydrogen-bond donors (Lipinski definition) is 2. The average molecular weight is 317 g/mol. The number of halogens is 1. The van der Waals surface area contributed by atoms with Gasteiger partial charge in [0.15, 0.2) is 5.82 Å². The van der Waals surface area contributed by atoms with Crippen LogP contribution in [0, 0.1) is 0 Å². The minimum atomic E-state index is -3.74. The van der Waals surface area contributed by atoms with E-state index >= 15 is 0 Å². The van der Waals surface area contributed by atoms with Gasteiger partial charge in [-0.2, -0.15) is 4.98 Å². The highest BCUT2D eigenvalue weighted by atomic mass is 35.5. The van der Waals surface area contributed by atoms with Crippen LogP contribution in [0.4, 0.5) is 0 Å². The molecule has 108 valence electrons. The standard InChI is InChI=1S/C11H13ClN4O3S/c1-13-5-8-2-3-9(12)10(4-8)20(17,18)15-6-11-14-7-19-16-11/h2-4,7,13,15H,5-6H2,1H3. The fraction of sp³-hybridized carbons (Fsp3) is 0.273. The Balaban J connectivity index is 2.21. The van der Waals surface area contributed by atoms with E-state index < -0.39 is 10.0 Å². The van der Waals surface area contributed by atoms with Gasteiger partial charge in [0.2, 0.25) is 16.4 Å². The van der Waals surface area contributed by atoms with E-state index in [-0.39, 0.29) is 22.3 Å². The van der Waals surface area contributed by atoms with Gasteiger partial charge in [0.05, 0.1) is 11.6 Å². The number of nitrogens with one attached hydrogen (secondary N) is 2. The van der Waals surface area contributed by atoms with Crippen molar-refractivity contribution in [3.8, 4) is 0 Å². The molecule has 0 aliphatic carbocycles. The van der Waals surface area contributed by atoms with E-state index in [1.54, 1.807) is 19.2 Å². The van der Waals surface area contributed by atoms with Crippen LogP contribution in [-0.4, -0.2) is 25.6 Å². The molecule has 1 heterocycles. The highest BCUT2D eigenvalue weighted by Crippen LogP contribution is 2.22. The highest BCUT2D eigenvalue weighted by Gasteiger charge is 2.19. The minimum absolute atomic E-state index is 0.0235. The minimum Gasteiger partial charge on any atom is -0.343 e. The molecule has 2 aromatic rings. The van der Waals surface area contributed by atoms with Gasteiger partial charge in [-0.05, 0) is 24.7 Å².